The molecule has 0 radical (unpaired) electrons. The minimum atomic E-state index is -0.140. The molecule has 1 aromatic carbocycles. The van der Waals surface area contributed by atoms with Gasteiger partial charge < -0.3 is 19.6 Å². The zero-order valence-electron chi connectivity index (χ0n) is 24.9. The van der Waals surface area contributed by atoms with Crippen molar-refractivity contribution >= 4 is 28.6 Å². The monoisotopic (exact) mass is 576 g/mol. The lowest BCUT2D eigenvalue weighted by Crippen LogP contribution is -2.61. The molecule has 7 nitrogen and oxygen atoms in total. The summed E-state index contributed by atoms with van der Waals surface area (Å²) in [5, 5.41) is 4.05. The van der Waals surface area contributed by atoms with E-state index in [-0.39, 0.29) is 18.0 Å². The first-order valence-electron chi connectivity index (χ1n) is 15.3. The normalized spacial score (nSPS) is 23.4. The number of pyridine rings is 1. The lowest BCUT2D eigenvalue weighted by atomic mass is 9.71. The largest absolute Gasteiger partial charge is 0.381 e. The van der Waals surface area contributed by atoms with E-state index >= 15 is 0 Å². The van der Waals surface area contributed by atoms with Crippen molar-refractivity contribution in [2.24, 2.45) is 11.3 Å². The van der Waals surface area contributed by atoms with Gasteiger partial charge in [-0.25, -0.2) is 0 Å². The van der Waals surface area contributed by atoms with Crippen LogP contribution in [-0.4, -0.2) is 59.0 Å². The SMILES string of the molecule is CSc1cc(C)[nH]c(=O)c1CNC(=O)c1c(C)n([C@H](C)[C@H]2CC[C@H](N3CC4(CCOCC4)C3)CC2)c2ccccc12. The van der Waals surface area contributed by atoms with Crippen LogP contribution in [-0.2, 0) is 11.3 Å². The number of aryl methyl sites for hydroxylation is 1. The molecule has 6 rings (SSSR count). The molecule has 2 aromatic heterocycles. The van der Waals surface area contributed by atoms with E-state index in [0.717, 1.165) is 46.0 Å². The second-order valence-electron chi connectivity index (χ2n) is 12.7. The topological polar surface area (TPSA) is 79.4 Å². The second kappa shape index (κ2) is 11.6. The number of likely N-dealkylation sites (tertiary alicyclic amines) is 1. The molecule has 41 heavy (non-hydrogen) atoms. The molecule has 0 bridgehead atoms. The molecule has 1 amide bonds. The summed E-state index contributed by atoms with van der Waals surface area (Å²) in [6.45, 7) is 10.9. The number of ether oxygens (including phenoxy) is 1. The Morgan fingerprint density at radius 3 is 2.56 bits per heavy atom. The van der Waals surface area contributed by atoms with E-state index in [4.69, 9.17) is 4.74 Å². The number of aromatic nitrogens is 2. The number of fused-ring (bicyclic) bond motifs is 1. The quantitative estimate of drug-likeness (QED) is 0.346. The van der Waals surface area contributed by atoms with Crippen LogP contribution in [0.1, 0.15) is 78.8 Å². The van der Waals surface area contributed by atoms with Crippen molar-refractivity contribution in [1.29, 1.82) is 0 Å². The first kappa shape index (κ1) is 28.6. The van der Waals surface area contributed by atoms with Crippen molar-refractivity contribution in [2.75, 3.05) is 32.6 Å². The Morgan fingerprint density at radius 2 is 1.85 bits per heavy atom. The first-order valence-corrected chi connectivity index (χ1v) is 16.5. The number of benzene rings is 1. The Morgan fingerprint density at radius 1 is 1.15 bits per heavy atom. The van der Waals surface area contributed by atoms with E-state index in [9.17, 15) is 9.59 Å². The zero-order valence-corrected chi connectivity index (χ0v) is 25.7. The number of carbonyl (C=O) groups is 1. The Bertz CT molecular complexity index is 1470. The molecule has 220 valence electrons. The van der Waals surface area contributed by atoms with Crippen molar-refractivity contribution in [3.8, 4) is 0 Å². The molecule has 3 fully saturated rings. The number of thioether (sulfide) groups is 1. The van der Waals surface area contributed by atoms with Gasteiger partial charge >= 0.3 is 0 Å². The third kappa shape index (κ3) is 5.39. The van der Waals surface area contributed by atoms with Crippen LogP contribution in [0.5, 0.6) is 0 Å². The summed E-state index contributed by atoms with van der Waals surface area (Å²) in [7, 11) is 0. The maximum absolute atomic E-state index is 13.7. The van der Waals surface area contributed by atoms with Crippen molar-refractivity contribution in [1.82, 2.24) is 19.8 Å². The molecule has 0 unspecified atom stereocenters. The summed E-state index contributed by atoms with van der Waals surface area (Å²) in [6.07, 6.45) is 9.38. The van der Waals surface area contributed by atoms with Crippen LogP contribution in [0.2, 0.25) is 0 Å². The maximum Gasteiger partial charge on any atom is 0.254 e. The van der Waals surface area contributed by atoms with Gasteiger partial charge in [-0.05, 0) is 83.6 Å². The van der Waals surface area contributed by atoms with Gasteiger partial charge in [0.05, 0.1) is 5.56 Å². The molecule has 1 saturated carbocycles. The molecule has 2 aliphatic heterocycles. The fourth-order valence-electron chi connectivity index (χ4n) is 7.85. The summed E-state index contributed by atoms with van der Waals surface area (Å²) in [6, 6.07) is 11.3. The summed E-state index contributed by atoms with van der Waals surface area (Å²) in [5.41, 5.74) is 4.66. The smallest absolute Gasteiger partial charge is 0.254 e. The van der Waals surface area contributed by atoms with Crippen LogP contribution in [0.4, 0.5) is 0 Å². The van der Waals surface area contributed by atoms with Gasteiger partial charge in [0, 0.05) is 83.1 Å². The molecular weight excluding hydrogens is 532 g/mol. The van der Waals surface area contributed by atoms with Gasteiger partial charge in [0.1, 0.15) is 0 Å². The Balaban J connectivity index is 1.16. The number of rotatable bonds is 7. The maximum atomic E-state index is 13.7. The number of para-hydroxylation sites is 1. The van der Waals surface area contributed by atoms with Crippen molar-refractivity contribution in [2.45, 2.75) is 82.8 Å². The van der Waals surface area contributed by atoms with Crippen LogP contribution in [0, 0.1) is 25.2 Å². The van der Waals surface area contributed by atoms with Crippen molar-refractivity contribution in [3.05, 3.63) is 63.2 Å². The molecule has 4 heterocycles. The Kier molecular flexibility index (Phi) is 8.09. The number of nitrogens with zero attached hydrogens (tertiary/aromatic N) is 2. The first-order chi connectivity index (χ1) is 19.8. The molecule has 3 aliphatic rings. The molecule has 8 heteroatoms. The van der Waals surface area contributed by atoms with Crippen LogP contribution >= 0.6 is 11.8 Å². The standard InChI is InChI=1S/C33H44N4O3S/c1-21-17-29(41-4)27(31(38)35-21)18-34-32(39)30-23(3)37(28-8-6-5-7-26(28)30)22(2)24-9-11-25(12-10-24)36-19-33(20-36)13-15-40-16-14-33/h5-8,17,22,24-25H,9-16,18-20H2,1-4H3,(H,34,39)(H,35,38)/t22-,24-,25-/m1/s1. The van der Waals surface area contributed by atoms with Crippen LogP contribution in [0.25, 0.3) is 10.9 Å². The minimum absolute atomic E-state index is 0.125. The van der Waals surface area contributed by atoms with Gasteiger partial charge in [-0.3, -0.25) is 14.5 Å². The van der Waals surface area contributed by atoms with Gasteiger partial charge in [0.15, 0.2) is 0 Å². The second-order valence-corrected chi connectivity index (χ2v) is 13.5. The number of aromatic amines is 1. The average Bonchev–Trinajstić information content (AvgIpc) is 3.26. The lowest BCUT2D eigenvalue weighted by molar-refractivity contribution is -0.104. The van der Waals surface area contributed by atoms with Gasteiger partial charge in [-0.1, -0.05) is 18.2 Å². The summed E-state index contributed by atoms with van der Waals surface area (Å²) < 4.78 is 8.02. The predicted molar refractivity (Wildman–Crippen MR) is 166 cm³/mol. The lowest BCUT2D eigenvalue weighted by Gasteiger charge is -2.56. The highest BCUT2D eigenvalue weighted by Gasteiger charge is 2.46. The molecule has 1 atom stereocenters. The van der Waals surface area contributed by atoms with E-state index < -0.39 is 0 Å². The molecule has 1 aliphatic carbocycles. The zero-order chi connectivity index (χ0) is 28.7. The highest BCUT2D eigenvalue weighted by atomic mass is 32.2. The number of hydrogen-bond acceptors (Lipinski definition) is 5. The van der Waals surface area contributed by atoms with E-state index in [1.54, 1.807) is 0 Å². The van der Waals surface area contributed by atoms with Gasteiger partial charge in [-0.2, -0.15) is 0 Å². The Labute approximate surface area is 247 Å². The van der Waals surface area contributed by atoms with Crippen molar-refractivity contribution in [3.63, 3.8) is 0 Å². The van der Waals surface area contributed by atoms with Crippen molar-refractivity contribution < 1.29 is 9.53 Å². The number of hydrogen-bond donors (Lipinski definition) is 2. The van der Waals surface area contributed by atoms with Gasteiger partial charge in [0.2, 0.25) is 0 Å². The van der Waals surface area contributed by atoms with Crippen LogP contribution in [0.15, 0.2) is 40.0 Å². The van der Waals surface area contributed by atoms with E-state index in [1.165, 1.54) is 63.4 Å². The minimum Gasteiger partial charge on any atom is -0.381 e. The fraction of sp³-hybridized carbons (Fsp3) is 0.576. The molecule has 2 N–H and O–H groups in total. The number of amides is 1. The number of nitrogens with one attached hydrogen (secondary N) is 2. The average molecular weight is 577 g/mol. The summed E-state index contributed by atoms with van der Waals surface area (Å²) in [4.78, 5) is 32.8. The molecule has 3 aromatic rings. The summed E-state index contributed by atoms with van der Waals surface area (Å²) in [5.74, 6) is 0.463. The molecule has 2 saturated heterocycles. The van der Waals surface area contributed by atoms with E-state index in [0.29, 0.717) is 29.0 Å². The summed E-state index contributed by atoms with van der Waals surface area (Å²) >= 11 is 1.53. The van der Waals surface area contributed by atoms with Gasteiger partial charge in [-0.15, -0.1) is 11.8 Å². The van der Waals surface area contributed by atoms with E-state index in [1.807, 2.05) is 25.3 Å². The predicted octanol–water partition coefficient (Wildman–Crippen LogP) is 5.83. The van der Waals surface area contributed by atoms with Crippen LogP contribution < -0.4 is 10.9 Å². The Hall–Kier alpha value is -2.55. The third-order valence-electron chi connectivity index (χ3n) is 10.2. The number of H-pyrrole nitrogens is 1. The van der Waals surface area contributed by atoms with Gasteiger partial charge in [0.25, 0.3) is 11.5 Å². The third-order valence-corrected chi connectivity index (χ3v) is 11.0. The number of carbonyl (C=O) groups excluding carboxylic acids is 1. The fourth-order valence-corrected chi connectivity index (χ4v) is 8.56. The molecular formula is C33H44N4O3S. The molecule has 1 spiro atoms. The highest BCUT2D eigenvalue weighted by Crippen LogP contribution is 2.45. The highest BCUT2D eigenvalue weighted by molar-refractivity contribution is 7.98. The van der Waals surface area contributed by atoms with E-state index in [2.05, 4.69) is 51.8 Å². The van der Waals surface area contributed by atoms with Crippen LogP contribution in [0.3, 0.4) is 0 Å².